The smallest absolute Gasteiger partial charge is 0.322 e. The highest BCUT2D eigenvalue weighted by Gasteiger charge is 2.50. The molecular formula is C27H23N5O4. The predicted octanol–water partition coefficient (Wildman–Crippen LogP) is 2.94. The minimum atomic E-state index is -1.40. The van der Waals surface area contributed by atoms with Crippen LogP contribution in [0.3, 0.4) is 0 Å². The molecule has 4 amide bonds. The summed E-state index contributed by atoms with van der Waals surface area (Å²) in [6, 6.07) is 18.3. The van der Waals surface area contributed by atoms with Crippen LogP contribution in [0.25, 0.3) is 22.0 Å². The molecule has 1 atom stereocenters. The first kappa shape index (κ1) is 21.8. The summed E-state index contributed by atoms with van der Waals surface area (Å²) in [6.45, 7) is 0.340. The van der Waals surface area contributed by atoms with E-state index in [0.29, 0.717) is 23.4 Å². The van der Waals surface area contributed by atoms with Crippen molar-refractivity contribution in [1.29, 1.82) is 0 Å². The zero-order valence-corrected chi connectivity index (χ0v) is 19.7. The normalized spacial score (nSPS) is 18.9. The molecule has 0 unspecified atom stereocenters. The van der Waals surface area contributed by atoms with Crippen molar-refractivity contribution in [2.24, 2.45) is 7.05 Å². The number of carbonyl (C=O) groups excluding carboxylic acids is 3. The largest absolute Gasteiger partial charge is 0.497 e. The lowest BCUT2D eigenvalue weighted by Crippen LogP contribution is -2.52. The Morgan fingerprint density at radius 2 is 1.78 bits per heavy atom. The van der Waals surface area contributed by atoms with E-state index in [4.69, 9.17) is 4.74 Å². The number of methoxy groups -OCH3 is 1. The zero-order valence-electron chi connectivity index (χ0n) is 19.7. The lowest BCUT2D eigenvalue weighted by atomic mass is 9.88. The molecule has 3 heterocycles. The van der Waals surface area contributed by atoms with Crippen molar-refractivity contribution in [3.8, 4) is 16.9 Å². The van der Waals surface area contributed by atoms with Gasteiger partial charge in [-0.15, -0.1) is 0 Å². The lowest BCUT2D eigenvalue weighted by Gasteiger charge is -2.31. The van der Waals surface area contributed by atoms with E-state index < -0.39 is 17.5 Å². The molecule has 9 heteroatoms. The summed E-state index contributed by atoms with van der Waals surface area (Å²) in [4.78, 5) is 40.1. The average molecular weight is 482 g/mol. The molecule has 36 heavy (non-hydrogen) atoms. The number of benzene rings is 3. The van der Waals surface area contributed by atoms with Gasteiger partial charge in [-0.2, -0.15) is 5.10 Å². The summed E-state index contributed by atoms with van der Waals surface area (Å²) in [5, 5.41) is 10.5. The fourth-order valence-electron chi connectivity index (χ4n) is 5.05. The quantitative estimate of drug-likeness (QED) is 0.427. The number of aromatic nitrogens is 2. The summed E-state index contributed by atoms with van der Waals surface area (Å²) < 4.78 is 7.07. The topological polar surface area (TPSA) is 106 Å². The Hall–Kier alpha value is -4.66. The fourth-order valence-corrected chi connectivity index (χ4v) is 5.05. The van der Waals surface area contributed by atoms with Gasteiger partial charge in [0.1, 0.15) is 5.75 Å². The number of carbonyl (C=O) groups is 3. The number of amides is 4. The van der Waals surface area contributed by atoms with Gasteiger partial charge in [0.25, 0.3) is 11.8 Å². The first-order chi connectivity index (χ1) is 17.4. The third-order valence-corrected chi connectivity index (χ3v) is 7.03. The second-order valence-electron chi connectivity index (χ2n) is 9.12. The third kappa shape index (κ3) is 3.31. The molecule has 0 saturated carbocycles. The van der Waals surface area contributed by atoms with Crippen LogP contribution in [-0.2, 0) is 23.9 Å². The Morgan fingerprint density at radius 1 is 1.00 bits per heavy atom. The van der Waals surface area contributed by atoms with Crippen LogP contribution in [0.1, 0.15) is 21.5 Å². The zero-order chi connectivity index (χ0) is 25.0. The second-order valence-corrected chi connectivity index (χ2v) is 9.12. The highest BCUT2D eigenvalue weighted by atomic mass is 16.5. The van der Waals surface area contributed by atoms with Gasteiger partial charge in [-0.25, -0.2) is 4.79 Å². The Labute approximate surface area is 206 Å². The van der Waals surface area contributed by atoms with E-state index in [9.17, 15) is 14.4 Å². The summed E-state index contributed by atoms with van der Waals surface area (Å²) in [6.07, 6.45) is 1.82. The van der Waals surface area contributed by atoms with Crippen molar-refractivity contribution in [2.75, 3.05) is 13.7 Å². The van der Waals surface area contributed by atoms with Gasteiger partial charge in [0.15, 0.2) is 5.54 Å². The van der Waals surface area contributed by atoms with Crippen LogP contribution >= 0.6 is 0 Å². The summed E-state index contributed by atoms with van der Waals surface area (Å²) >= 11 is 0. The van der Waals surface area contributed by atoms with Crippen LogP contribution in [0.15, 0.2) is 66.9 Å². The highest BCUT2D eigenvalue weighted by Crippen LogP contribution is 2.34. The number of aryl methyl sites for hydroxylation is 1. The molecule has 9 nitrogen and oxygen atoms in total. The molecule has 2 aliphatic heterocycles. The molecule has 3 aromatic carbocycles. The van der Waals surface area contributed by atoms with E-state index in [1.54, 1.807) is 24.1 Å². The van der Waals surface area contributed by atoms with Crippen LogP contribution in [0.5, 0.6) is 5.75 Å². The molecule has 2 aliphatic rings. The maximum atomic E-state index is 13.2. The van der Waals surface area contributed by atoms with Crippen molar-refractivity contribution in [1.82, 2.24) is 25.3 Å². The van der Waals surface area contributed by atoms with Crippen molar-refractivity contribution >= 4 is 28.7 Å². The molecule has 180 valence electrons. The molecule has 4 aromatic rings. The van der Waals surface area contributed by atoms with Crippen LogP contribution in [-0.4, -0.2) is 46.2 Å². The van der Waals surface area contributed by atoms with E-state index in [1.165, 1.54) is 0 Å². The molecule has 1 aromatic heterocycles. The Morgan fingerprint density at radius 3 is 2.50 bits per heavy atom. The number of ether oxygens (including phenoxy) is 1. The molecule has 0 spiro atoms. The van der Waals surface area contributed by atoms with Gasteiger partial charge in [-0.3, -0.25) is 19.6 Å². The first-order valence-electron chi connectivity index (χ1n) is 11.5. The number of nitrogens with zero attached hydrogens (tertiary/aromatic N) is 3. The van der Waals surface area contributed by atoms with Crippen LogP contribution in [0, 0.1) is 0 Å². The van der Waals surface area contributed by atoms with Crippen molar-refractivity contribution in [3.05, 3.63) is 83.6 Å². The summed E-state index contributed by atoms with van der Waals surface area (Å²) in [5.41, 5.74) is 3.56. The SMILES string of the molecule is COc1ccc2c(c1)C(=O)N(C[C@@]1(c3ccc(-c4ccc5cnn(C)c5c4)cc3)NC(=O)NC1=O)C2. The molecule has 2 N–H and O–H groups in total. The van der Waals surface area contributed by atoms with E-state index in [0.717, 1.165) is 27.6 Å². The monoisotopic (exact) mass is 481 g/mol. The standard InChI is InChI=1S/C27H23N5O4/c1-31-23-11-17(3-4-18(23)13-28-31)16-5-8-20(9-6-16)27(25(34)29-26(35)30-27)15-32-14-19-7-10-21(36-2)12-22(19)24(32)33/h3-13H,14-15H2,1-2H3,(H2,29,30,34,35)/t27-/m0/s1. The van der Waals surface area contributed by atoms with E-state index in [2.05, 4.69) is 21.8 Å². The fraction of sp³-hybridized carbons (Fsp3) is 0.185. The van der Waals surface area contributed by atoms with Gasteiger partial charge < -0.3 is 15.0 Å². The molecular weight excluding hydrogens is 458 g/mol. The number of imide groups is 1. The van der Waals surface area contributed by atoms with Crippen molar-refractivity contribution in [3.63, 3.8) is 0 Å². The molecule has 0 bridgehead atoms. The van der Waals surface area contributed by atoms with Crippen molar-refractivity contribution < 1.29 is 19.1 Å². The number of rotatable bonds is 5. The Kier molecular flexibility index (Phi) is 4.82. The number of fused-ring (bicyclic) bond motifs is 2. The Balaban J connectivity index is 1.33. The minimum absolute atomic E-state index is 0.000722. The van der Waals surface area contributed by atoms with Gasteiger partial charge >= 0.3 is 6.03 Å². The summed E-state index contributed by atoms with van der Waals surface area (Å²) in [5.74, 6) is -0.110. The van der Waals surface area contributed by atoms with Gasteiger partial charge in [-0.05, 0) is 40.5 Å². The highest BCUT2D eigenvalue weighted by molar-refractivity contribution is 6.08. The second kappa shape index (κ2) is 7.94. The first-order valence-corrected chi connectivity index (χ1v) is 11.5. The number of hydrogen-bond donors (Lipinski definition) is 2. The molecule has 1 saturated heterocycles. The van der Waals surface area contributed by atoms with Crippen LogP contribution in [0.2, 0.25) is 0 Å². The molecule has 0 radical (unpaired) electrons. The van der Waals surface area contributed by atoms with Gasteiger partial charge in [0, 0.05) is 24.5 Å². The van der Waals surface area contributed by atoms with Crippen LogP contribution in [0.4, 0.5) is 4.79 Å². The van der Waals surface area contributed by atoms with Gasteiger partial charge in [0.2, 0.25) is 0 Å². The number of nitrogens with one attached hydrogen (secondary N) is 2. The molecule has 1 fully saturated rings. The van der Waals surface area contributed by atoms with Gasteiger partial charge in [0.05, 0.1) is 25.4 Å². The minimum Gasteiger partial charge on any atom is -0.497 e. The van der Waals surface area contributed by atoms with Crippen LogP contribution < -0.4 is 15.4 Å². The number of hydrogen-bond acceptors (Lipinski definition) is 5. The van der Waals surface area contributed by atoms with E-state index in [-0.39, 0.29) is 12.5 Å². The summed E-state index contributed by atoms with van der Waals surface area (Å²) in [7, 11) is 3.44. The molecule has 0 aliphatic carbocycles. The third-order valence-electron chi connectivity index (χ3n) is 7.03. The molecule has 6 rings (SSSR count). The van der Waals surface area contributed by atoms with E-state index in [1.807, 2.05) is 60.4 Å². The number of urea groups is 1. The van der Waals surface area contributed by atoms with E-state index >= 15 is 0 Å². The predicted molar refractivity (Wildman–Crippen MR) is 132 cm³/mol. The lowest BCUT2D eigenvalue weighted by molar-refractivity contribution is -0.124. The average Bonchev–Trinajstić information content (AvgIpc) is 3.51. The van der Waals surface area contributed by atoms with Gasteiger partial charge in [-0.1, -0.05) is 42.5 Å². The maximum Gasteiger partial charge on any atom is 0.322 e. The maximum absolute atomic E-state index is 13.2. The Bertz CT molecular complexity index is 1560. The van der Waals surface area contributed by atoms with Crippen molar-refractivity contribution in [2.45, 2.75) is 12.1 Å².